The number of rotatable bonds is 2. The van der Waals surface area contributed by atoms with Crippen LogP contribution in [-0.2, 0) is 0 Å². The summed E-state index contributed by atoms with van der Waals surface area (Å²) in [6, 6.07) is 0.306. The van der Waals surface area contributed by atoms with Crippen molar-refractivity contribution in [2.45, 2.75) is 31.2 Å². The predicted molar refractivity (Wildman–Crippen MR) is 59.0 cm³/mol. The fourth-order valence-corrected chi connectivity index (χ4v) is 3.39. The number of hydrogen-bond donors (Lipinski definition) is 1. The lowest BCUT2D eigenvalue weighted by Crippen LogP contribution is -2.13. The molecule has 1 aromatic heterocycles. The van der Waals surface area contributed by atoms with Gasteiger partial charge in [0, 0.05) is 11.7 Å². The standard InChI is InChI=1S/C10H15N3OS/c1-2-8(11-4-1)10-13-12-9(14-10)7-3-5-15-6-7/h7-8,11H,1-6H2. The summed E-state index contributed by atoms with van der Waals surface area (Å²) in [6.45, 7) is 1.07. The van der Waals surface area contributed by atoms with E-state index in [-0.39, 0.29) is 0 Å². The molecule has 0 amide bonds. The van der Waals surface area contributed by atoms with E-state index in [1.807, 2.05) is 11.8 Å². The van der Waals surface area contributed by atoms with E-state index in [1.54, 1.807) is 0 Å². The molecule has 2 unspecified atom stereocenters. The highest BCUT2D eigenvalue weighted by Gasteiger charge is 2.26. The molecule has 82 valence electrons. The molecule has 2 atom stereocenters. The van der Waals surface area contributed by atoms with Crippen LogP contribution in [0, 0.1) is 0 Å². The molecule has 5 heteroatoms. The topological polar surface area (TPSA) is 51.0 Å². The Labute approximate surface area is 93.2 Å². The second kappa shape index (κ2) is 4.14. The second-order valence-corrected chi connectivity index (χ2v) is 5.34. The van der Waals surface area contributed by atoms with Gasteiger partial charge in [-0.3, -0.25) is 0 Å². The van der Waals surface area contributed by atoms with Crippen molar-refractivity contribution in [3.8, 4) is 0 Å². The van der Waals surface area contributed by atoms with Crippen LogP contribution in [0.4, 0.5) is 0 Å². The second-order valence-electron chi connectivity index (χ2n) is 4.19. The van der Waals surface area contributed by atoms with Crippen LogP contribution in [0.2, 0.25) is 0 Å². The molecule has 15 heavy (non-hydrogen) atoms. The Morgan fingerprint density at radius 1 is 1.27 bits per heavy atom. The van der Waals surface area contributed by atoms with Crippen LogP contribution in [0.5, 0.6) is 0 Å². The molecule has 1 aromatic rings. The van der Waals surface area contributed by atoms with E-state index in [0.717, 1.165) is 30.5 Å². The number of nitrogens with zero attached hydrogens (tertiary/aromatic N) is 2. The van der Waals surface area contributed by atoms with Crippen molar-refractivity contribution in [1.29, 1.82) is 0 Å². The fraction of sp³-hybridized carbons (Fsp3) is 0.800. The van der Waals surface area contributed by atoms with Gasteiger partial charge in [-0.05, 0) is 31.6 Å². The molecule has 2 aliphatic heterocycles. The fourth-order valence-electron chi connectivity index (χ4n) is 2.18. The highest BCUT2D eigenvalue weighted by atomic mass is 32.2. The average molecular weight is 225 g/mol. The first kappa shape index (κ1) is 9.66. The summed E-state index contributed by atoms with van der Waals surface area (Å²) < 4.78 is 5.75. The van der Waals surface area contributed by atoms with Crippen molar-refractivity contribution < 1.29 is 4.42 Å². The van der Waals surface area contributed by atoms with Gasteiger partial charge in [-0.25, -0.2) is 0 Å². The quantitative estimate of drug-likeness (QED) is 0.830. The maximum Gasteiger partial charge on any atom is 0.233 e. The summed E-state index contributed by atoms with van der Waals surface area (Å²) in [5.41, 5.74) is 0. The molecule has 3 heterocycles. The monoisotopic (exact) mass is 225 g/mol. The van der Waals surface area contributed by atoms with E-state index in [1.165, 1.54) is 18.6 Å². The van der Waals surface area contributed by atoms with Gasteiger partial charge < -0.3 is 9.73 Å². The molecule has 2 saturated heterocycles. The van der Waals surface area contributed by atoms with Crippen molar-refractivity contribution in [3.05, 3.63) is 11.8 Å². The Kier molecular flexibility index (Phi) is 2.66. The SMILES string of the molecule is C1CNC(c2nnc(C3CCSC3)o2)C1. The zero-order valence-corrected chi connectivity index (χ0v) is 9.42. The molecule has 0 radical (unpaired) electrons. The summed E-state index contributed by atoms with van der Waals surface area (Å²) in [4.78, 5) is 0. The van der Waals surface area contributed by atoms with Crippen LogP contribution in [0.1, 0.15) is 43.0 Å². The summed E-state index contributed by atoms with van der Waals surface area (Å²) in [7, 11) is 0. The average Bonchev–Trinajstić information content (AvgIpc) is 3.02. The van der Waals surface area contributed by atoms with E-state index in [2.05, 4.69) is 15.5 Å². The molecular formula is C10H15N3OS. The number of thioether (sulfide) groups is 1. The van der Waals surface area contributed by atoms with Crippen molar-refractivity contribution in [1.82, 2.24) is 15.5 Å². The Morgan fingerprint density at radius 2 is 2.20 bits per heavy atom. The molecule has 3 rings (SSSR count). The molecule has 0 aliphatic carbocycles. The van der Waals surface area contributed by atoms with Gasteiger partial charge in [0.1, 0.15) is 0 Å². The highest BCUT2D eigenvalue weighted by molar-refractivity contribution is 7.99. The molecular weight excluding hydrogens is 210 g/mol. The van der Waals surface area contributed by atoms with Crippen LogP contribution in [0.3, 0.4) is 0 Å². The maximum atomic E-state index is 5.75. The predicted octanol–water partition coefficient (Wildman–Crippen LogP) is 1.71. The molecule has 2 aliphatic rings. The Hall–Kier alpha value is -0.550. The summed E-state index contributed by atoms with van der Waals surface area (Å²) >= 11 is 1.98. The third-order valence-corrected chi connectivity index (χ3v) is 4.26. The van der Waals surface area contributed by atoms with E-state index in [0.29, 0.717) is 12.0 Å². The van der Waals surface area contributed by atoms with E-state index in [9.17, 15) is 0 Å². The third-order valence-electron chi connectivity index (χ3n) is 3.09. The van der Waals surface area contributed by atoms with Gasteiger partial charge in [0.2, 0.25) is 11.8 Å². The molecule has 0 bridgehead atoms. The molecule has 1 N–H and O–H groups in total. The van der Waals surface area contributed by atoms with Gasteiger partial charge in [0.05, 0.1) is 6.04 Å². The highest BCUT2D eigenvalue weighted by Crippen LogP contribution is 2.32. The van der Waals surface area contributed by atoms with Crippen molar-refractivity contribution in [3.63, 3.8) is 0 Å². The Morgan fingerprint density at radius 3 is 2.93 bits per heavy atom. The van der Waals surface area contributed by atoms with E-state index < -0.39 is 0 Å². The number of nitrogens with one attached hydrogen (secondary N) is 1. The lowest BCUT2D eigenvalue weighted by molar-refractivity contribution is 0.387. The first-order chi connectivity index (χ1) is 7.43. The van der Waals surface area contributed by atoms with Gasteiger partial charge >= 0.3 is 0 Å². The minimum Gasteiger partial charge on any atom is -0.423 e. The van der Waals surface area contributed by atoms with Crippen molar-refractivity contribution in [2.75, 3.05) is 18.1 Å². The third kappa shape index (κ3) is 1.90. The summed E-state index contributed by atoms with van der Waals surface area (Å²) in [5.74, 6) is 4.50. The molecule has 0 spiro atoms. The van der Waals surface area contributed by atoms with Gasteiger partial charge in [-0.2, -0.15) is 11.8 Å². The van der Waals surface area contributed by atoms with Gasteiger partial charge in [-0.15, -0.1) is 10.2 Å². The summed E-state index contributed by atoms with van der Waals surface area (Å²) in [6.07, 6.45) is 3.52. The van der Waals surface area contributed by atoms with Gasteiger partial charge in [0.25, 0.3) is 0 Å². The molecule has 4 nitrogen and oxygen atoms in total. The summed E-state index contributed by atoms with van der Waals surface area (Å²) in [5, 5.41) is 11.7. The van der Waals surface area contributed by atoms with Crippen LogP contribution < -0.4 is 5.32 Å². The molecule has 0 saturated carbocycles. The van der Waals surface area contributed by atoms with Crippen LogP contribution >= 0.6 is 11.8 Å². The van der Waals surface area contributed by atoms with E-state index in [4.69, 9.17) is 4.42 Å². The first-order valence-corrected chi connectivity index (χ1v) is 6.73. The lowest BCUT2D eigenvalue weighted by Gasteiger charge is -2.03. The molecule has 2 fully saturated rings. The van der Waals surface area contributed by atoms with E-state index >= 15 is 0 Å². The van der Waals surface area contributed by atoms with Gasteiger partial charge in [-0.1, -0.05) is 0 Å². The van der Waals surface area contributed by atoms with Crippen LogP contribution in [0.15, 0.2) is 4.42 Å². The smallest absolute Gasteiger partial charge is 0.233 e. The maximum absolute atomic E-state index is 5.75. The number of hydrogen-bond acceptors (Lipinski definition) is 5. The largest absolute Gasteiger partial charge is 0.423 e. The normalized spacial score (nSPS) is 31.2. The zero-order chi connectivity index (χ0) is 10.1. The first-order valence-electron chi connectivity index (χ1n) is 5.58. The zero-order valence-electron chi connectivity index (χ0n) is 8.61. The van der Waals surface area contributed by atoms with Crippen LogP contribution in [0.25, 0.3) is 0 Å². The minimum atomic E-state index is 0.306. The molecule has 0 aromatic carbocycles. The van der Waals surface area contributed by atoms with Crippen molar-refractivity contribution in [2.24, 2.45) is 0 Å². The number of aromatic nitrogens is 2. The van der Waals surface area contributed by atoms with Crippen molar-refractivity contribution >= 4 is 11.8 Å². The van der Waals surface area contributed by atoms with Gasteiger partial charge in [0.15, 0.2) is 0 Å². The Bertz CT molecular complexity index is 299. The van der Waals surface area contributed by atoms with Crippen LogP contribution in [-0.4, -0.2) is 28.2 Å². The Balaban J connectivity index is 1.74. The lowest BCUT2D eigenvalue weighted by atomic mass is 10.1. The minimum absolute atomic E-state index is 0.306.